The van der Waals surface area contributed by atoms with Gasteiger partial charge in [-0.25, -0.2) is 0 Å². The topological polar surface area (TPSA) is 62.4 Å². The molecule has 20 heavy (non-hydrogen) atoms. The van der Waals surface area contributed by atoms with E-state index in [1.165, 1.54) is 5.56 Å². The fourth-order valence-corrected chi connectivity index (χ4v) is 2.49. The number of aryl methyl sites for hydroxylation is 1. The molecule has 1 aliphatic heterocycles. The Morgan fingerprint density at radius 1 is 1.35 bits per heavy atom. The molecule has 0 bridgehead atoms. The number of likely N-dealkylation sites (tertiary alicyclic amines) is 1. The summed E-state index contributed by atoms with van der Waals surface area (Å²) in [5.41, 5.74) is 2.13. The molecular weight excluding hydrogens is 254 g/mol. The molecule has 0 saturated carbocycles. The Kier molecular flexibility index (Phi) is 3.80. The first-order valence-electron chi connectivity index (χ1n) is 7.01. The maximum absolute atomic E-state index is 9.50. The molecule has 1 N–H and O–H groups in total. The molecule has 0 amide bonds. The Labute approximate surface area is 118 Å². The Morgan fingerprint density at radius 2 is 2.15 bits per heavy atom. The van der Waals surface area contributed by atoms with Gasteiger partial charge in [0.15, 0.2) is 5.82 Å². The summed E-state index contributed by atoms with van der Waals surface area (Å²) in [6.07, 6.45) is 1.49. The van der Waals surface area contributed by atoms with Gasteiger partial charge in [0.25, 0.3) is 5.89 Å². The molecule has 0 atom stereocenters. The van der Waals surface area contributed by atoms with Crippen molar-refractivity contribution in [3.8, 4) is 11.5 Å². The highest BCUT2D eigenvalue weighted by Gasteiger charge is 2.19. The zero-order valence-corrected chi connectivity index (χ0v) is 11.6. The molecule has 1 aromatic carbocycles. The van der Waals surface area contributed by atoms with Crippen LogP contribution in [0.2, 0.25) is 0 Å². The lowest BCUT2D eigenvalue weighted by Gasteiger charge is -2.28. The van der Waals surface area contributed by atoms with Crippen molar-refractivity contribution < 1.29 is 9.63 Å². The number of aliphatic hydroxyl groups is 1. The molecule has 0 aliphatic carbocycles. The lowest BCUT2D eigenvalue weighted by Crippen LogP contribution is -2.35. The van der Waals surface area contributed by atoms with Gasteiger partial charge < -0.3 is 9.63 Å². The van der Waals surface area contributed by atoms with Gasteiger partial charge in [-0.15, -0.1) is 0 Å². The van der Waals surface area contributed by atoms with Crippen LogP contribution in [0.5, 0.6) is 0 Å². The van der Waals surface area contributed by atoms with E-state index >= 15 is 0 Å². The number of benzene rings is 1. The monoisotopic (exact) mass is 273 g/mol. The average molecular weight is 273 g/mol. The minimum Gasteiger partial charge on any atom is -0.393 e. The lowest BCUT2D eigenvalue weighted by atomic mass is 10.1. The van der Waals surface area contributed by atoms with Gasteiger partial charge in [0.2, 0.25) is 0 Å². The van der Waals surface area contributed by atoms with Crippen molar-refractivity contribution >= 4 is 0 Å². The Balaban J connectivity index is 1.68. The highest BCUT2D eigenvalue weighted by Crippen LogP contribution is 2.19. The fourth-order valence-electron chi connectivity index (χ4n) is 2.49. The number of nitrogens with zero attached hydrogens (tertiary/aromatic N) is 3. The van der Waals surface area contributed by atoms with E-state index < -0.39 is 0 Å². The molecule has 1 aromatic heterocycles. The number of piperidine rings is 1. The van der Waals surface area contributed by atoms with E-state index in [9.17, 15) is 5.11 Å². The Hall–Kier alpha value is -1.72. The van der Waals surface area contributed by atoms with Crippen LogP contribution in [-0.4, -0.2) is 39.3 Å². The number of aromatic nitrogens is 2. The van der Waals surface area contributed by atoms with E-state index in [4.69, 9.17) is 4.52 Å². The summed E-state index contributed by atoms with van der Waals surface area (Å²) in [6, 6.07) is 8.04. The van der Waals surface area contributed by atoms with Crippen molar-refractivity contribution in [1.29, 1.82) is 0 Å². The van der Waals surface area contributed by atoms with E-state index in [2.05, 4.69) is 15.0 Å². The van der Waals surface area contributed by atoms with Crippen molar-refractivity contribution in [3.63, 3.8) is 0 Å². The molecule has 1 fully saturated rings. The molecule has 0 spiro atoms. The van der Waals surface area contributed by atoms with Crippen LogP contribution in [-0.2, 0) is 6.54 Å². The van der Waals surface area contributed by atoms with Gasteiger partial charge in [-0.1, -0.05) is 22.9 Å². The SMILES string of the molecule is Cc1cccc(-c2nc(CN3CCC(O)CC3)no2)c1. The van der Waals surface area contributed by atoms with Crippen LogP contribution < -0.4 is 0 Å². The summed E-state index contributed by atoms with van der Waals surface area (Å²) in [5, 5.41) is 13.5. The third-order valence-electron chi connectivity index (χ3n) is 3.66. The van der Waals surface area contributed by atoms with Crippen LogP contribution in [0.1, 0.15) is 24.2 Å². The van der Waals surface area contributed by atoms with Gasteiger partial charge in [-0.05, 0) is 31.9 Å². The Morgan fingerprint density at radius 3 is 2.90 bits per heavy atom. The number of aliphatic hydroxyl groups excluding tert-OH is 1. The van der Waals surface area contributed by atoms with E-state index in [1.807, 2.05) is 31.2 Å². The average Bonchev–Trinajstić information content (AvgIpc) is 2.90. The first-order valence-corrected chi connectivity index (χ1v) is 7.01. The van der Waals surface area contributed by atoms with E-state index in [0.29, 0.717) is 18.3 Å². The summed E-state index contributed by atoms with van der Waals surface area (Å²) in [5.74, 6) is 1.28. The van der Waals surface area contributed by atoms with Crippen LogP contribution >= 0.6 is 0 Å². The molecule has 3 rings (SSSR count). The predicted octanol–water partition coefficient (Wildman–Crippen LogP) is 2.00. The molecule has 2 aromatic rings. The third-order valence-corrected chi connectivity index (χ3v) is 3.66. The van der Waals surface area contributed by atoms with Gasteiger partial charge in [0, 0.05) is 18.7 Å². The van der Waals surface area contributed by atoms with Crippen LogP contribution in [0.4, 0.5) is 0 Å². The molecule has 0 unspecified atom stereocenters. The second kappa shape index (κ2) is 5.73. The maximum Gasteiger partial charge on any atom is 0.257 e. The van der Waals surface area contributed by atoms with Gasteiger partial charge in [-0.3, -0.25) is 4.90 Å². The summed E-state index contributed by atoms with van der Waals surface area (Å²) >= 11 is 0. The second-order valence-electron chi connectivity index (χ2n) is 5.39. The molecule has 5 heteroatoms. The van der Waals surface area contributed by atoms with Crippen LogP contribution in [0, 0.1) is 6.92 Å². The van der Waals surface area contributed by atoms with E-state index in [-0.39, 0.29) is 6.10 Å². The molecule has 1 saturated heterocycles. The first-order chi connectivity index (χ1) is 9.70. The third kappa shape index (κ3) is 3.05. The number of hydrogen-bond donors (Lipinski definition) is 1. The van der Waals surface area contributed by atoms with Crippen molar-refractivity contribution in [2.75, 3.05) is 13.1 Å². The van der Waals surface area contributed by atoms with Gasteiger partial charge in [0.1, 0.15) is 0 Å². The summed E-state index contributed by atoms with van der Waals surface area (Å²) in [7, 11) is 0. The number of rotatable bonds is 3. The van der Waals surface area contributed by atoms with Crippen molar-refractivity contribution in [2.45, 2.75) is 32.4 Å². The van der Waals surface area contributed by atoms with Gasteiger partial charge >= 0.3 is 0 Å². The minimum absolute atomic E-state index is 0.153. The van der Waals surface area contributed by atoms with E-state index in [0.717, 1.165) is 31.5 Å². The zero-order valence-electron chi connectivity index (χ0n) is 11.6. The lowest BCUT2D eigenvalue weighted by molar-refractivity contribution is 0.0777. The first kappa shape index (κ1) is 13.3. The van der Waals surface area contributed by atoms with Gasteiger partial charge in [0.05, 0.1) is 12.6 Å². The van der Waals surface area contributed by atoms with Crippen LogP contribution in [0.15, 0.2) is 28.8 Å². The zero-order chi connectivity index (χ0) is 13.9. The second-order valence-corrected chi connectivity index (χ2v) is 5.39. The smallest absolute Gasteiger partial charge is 0.257 e. The minimum atomic E-state index is -0.153. The maximum atomic E-state index is 9.50. The summed E-state index contributed by atoms with van der Waals surface area (Å²) < 4.78 is 5.33. The van der Waals surface area contributed by atoms with E-state index in [1.54, 1.807) is 0 Å². The molecule has 106 valence electrons. The largest absolute Gasteiger partial charge is 0.393 e. The quantitative estimate of drug-likeness (QED) is 0.926. The van der Waals surface area contributed by atoms with Gasteiger partial charge in [-0.2, -0.15) is 4.98 Å². The molecule has 5 nitrogen and oxygen atoms in total. The highest BCUT2D eigenvalue weighted by molar-refractivity contribution is 5.53. The highest BCUT2D eigenvalue weighted by atomic mass is 16.5. The number of hydrogen-bond acceptors (Lipinski definition) is 5. The summed E-state index contributed by atoms with van der Waals surface area (Å²) in [6.45, 7) is 4.49. The normalized spacial score (nSPS) is 17.5. The molecular formula is C15H19N3O2. The standard InChI is InChI=1S/C15H19N3O2/c1-11-3-2-4-12(9-11)15-16-14(17-20-15)10-18-7-5-13(19)6-8-18/h2-4,9,13,19H,5-8,10H2,1H3. The van der Waals surface area contributed by atoms with Crippen molar-refractivity contribution in [3.05, 3.63) is 35.7 Å². The molecule has 2 heterocycles. The van der Waals surface area contributed by atoms with Crippen LogP contribution in [0.25, 0.3) is 11.5 Å². The molecule has 1 aliphatic rings. The summed E-state index contributed by atoms with van der Waals surface area (Å²) in [4.78, 5) is 6.70. The van der Waals surface area contributed by atoms with Crippen molar-refractivity contribution in [2.24, 2.45) is 0 Å². The van der Waals surface area contributed by atoms with Crippen molar-refractivity contribution in [1.82, 2.24) is 15.0 Å². The fraction of sp³-hybridized carbons (Fsp3) is 0.467. The van der Waals surface area contributed by atoms with Crippen LogP contribution in [0.3, 0.4) is 0 Å². The Bertz CT molecular complexity index is 574. The molecule has 0 radical (unpaired) electrons. The predicted molar refractivity (Wildman–Crippen MR) is 75.0 cm³/mol.